The van der Waals surface area contributed by atoms with Crippen LogP contribution in [-0.4, -0.2) is 22.6 Å². The zero-order chi connectivity index (χ0) is 14.4. The molecule has 20 heavy (non-hydrogen) atoms. The average Bonchev–Trinajstić information content (AvgIpc) is 3.09. The maximum absolute atomic E-state index is 12.7. The largest absolute Gasteiger partial charge is 0.352 e. The van der Waals surface area contributed by atoms with Gasteiger partial charge in [-0.25, -0.2) is 4.98 Å². The molecule has 0 atom stereocenters. The molecular formula is C12H15F2N5S. The third-order valence-corrected chi connectivity index (χ3v) is 3.48. The molecule has 0 aromatic carbocycles. The molecule has 0 saturated heterocycles. The fourth-order valence-electron chi connectivity index (χ4n) is 1.63. The number of nitrogens with one attached hydrogen (secondary N) is 2. The maximum Gasteiger partial charge on any atom is 0.319 e. The second kappa shape index (κ2) is 6.99. The molecule has 0 aliphatic heterocycles. The van der Waals surface area contributed by atoms with Crippen molar-refractivity contribution in [1.29, 1.82) is 0 Å². The maximum atomic E-state index is 12.7. The van der Waals surface area contributed by atoms with Crippen LogP contribution in [0.2, 0.25) is 0 Å². The van der Waals surface area contributed by atoms with Crippen molar-refractivity contribution in [3.63, 3.8) is 0 Å². The summed E-state index contributed by atoms with van der Waals surface area (Å²) in [4.78, 5) is 9.10. The van der Waals surface area contributed by atoms with Gasteiger partial charge in [-0.05, 0) is 11.4 Å². The molecule has 0 bridgehead atoms. The number of rotatable bonds is 5. The Bertz CT molecular complexity index is 550. The van der Waals surface area contributed by atoms with Crippen LogP contribution in [-0.2, 0) is 13.1 Å². The summed E-state index contributed by atoms with van der Waals surface area (Å²) in [6.45, 7) is -1.77. The van der Waals surface area contributed by atoms with Gasteiger partial charge in [-0.2, -0.15) is 8.78 Å². The minimum absolute atomic E-state index is 0.182. The van der Waals surface area contributed by atoms with Crippen molar-refractivity contribution < 1.29 is 8.78 Å². The van der Waals surface area contributed by atoms with Crippen LogP contribution in [0.5, 0.6) is 0 Å². The Morgan fingerprint density at radius 3 is 2.90 bits per heavy atom. The van der Waals surface area contributed by atoms with Gasteiger partial charge < -0.3 is 10.6 Å². The topological polar surface area (TPSA) is 54.2 Å². The van der Waals surface area contributed by atoms with Gasteiger partial charge in [-0.3, -0.25) is 9.56 Å². The van der Waals surface area contributed by atoms with Gasteiger partial charge in [0.05, 0.1) is 13.1 Å². The highest BCUT2D eigenvalue weighted by Gasteiger charge is 2.11. The van der Waals surface area contributed by atoms with E-state index in [0.717, 1.165) is 4.57 Å². The highest BCUT2D eigenvalue weighted by atomic mass is 32.1. The molecule has 2 aromatic rings. The normalized spacial score (nSPS) is 11.9. The molecule has 8 heteroatoms. The van der Waals surface area contributed by atoms with E-state index < -0.39 is 6.55 Å². The summed E-state index contributed by atoms with van der Waals surface area (Å²) in [6, 6.07) is 3.98. The molecule has 0 aliphatic carbocycles. The first-order valence-electron chi connectivity index (χ1n) is 5.97. The molecule has 0 unspecified atom stereocenters. The van der Waals surface area contributed by atoms with Gasteiger partial charge in [0.2, 0.25) is 0 Å². The predicted octanol–water partition coefficient (Wildman–Crippen LogP) is 2.20. The Hall–Kier alpha value is -1.96. The minimum Gasteiger partial charge on any atom is -0.352 e. The van der Waals surface area contributed by atoms with Crippen LogP contribution in [0.4, 0.5) is 8.78 Å². The fourth-order valence-corrected chi connectivity index (χ4v) is 2.27. The van der Waals surface area contributed by atoms with E-state index in [0.29, 0.717) is 12.5 Å². The SMILES string of the molecule is CN=C(NCc1cccs1)NCc1nccn1C(F)F. The van der Waals surface area contributed by atoms with Gasteiger partial charge in [0.1, 0.15) is 5.82 Å². The number of hydrogen-bond acceptors (Lipinski definition) is 3. The van der Waals surface area contributed by atoms with Crippen LogP contribution in [0.1, 0.15) is 17.3 Å². The number of aliphatic imine (C=N–C) groups is 1. The molecule has 2 aromatic heterocycles. The zero-order valence-corrected chi connectivity index (χ0v) is 11.7. The summed E-state index contributed by atoms with van der Waals surface area (Å²) in [5.41, 5.74) is 0. The van der Waals surface area contributed by atoms with Crippen LogP contribution < -0.4 is 10.6 Å². The van der Waals surface area contributed by atoms with Crippen molar-refractivity contribution in [2.75, 3.05) is 7.05 Å². The van der Waals surface area contributed by atoms with Crippen LogP contribution in [0.25, 0.3) is 0 Å². The number of thiophene rings is 1. The number of aromatic nitrogens is 2. The van der Waals surface area contributed by atoms with E-state index in [1.807, 2.05) is 17.5 Å². The number of hydrogen-bond donors (Lipinski definition) is 2. The average molecular weight is 299 g/mol. The minimum atomic E-state index is -2.59. The van der Waals surface area contributed by atoms with Crippen molar-refractivity contribution in [3.8, 4) is 0 Å². The molecule has 0 fully saturated rings. The fraction of sp³-hybridized carbons (Fsp3) is 0.333. The van der Waals surface area contributed by atoms with E-state index in [-0.39, 0.29) is 12.4 Å². The quantitative estimate of drug-likeness (QED) is 0.657. The number of halogens is 2. The summed E-state index contributed by atoms with van der Waals surface area (Å²) in [5.74, 6) is 0.807. The van der Waals surface area contributed by atoms with E-state index >= 15 is 0 Å². The molecule has 108 valence electrons. The molecule has 0 spiro atoms. The van der Waals surface area contributed by atoms with E-state index in [4.69, 9.17) is 0 Å². The molecule has 0 saturated carbocycles. The highest BCUT2D eigenvalue weighted by Crippen LogP contribution is 2.12. The van der Waals surface area contributed by atoms with Gasteiger partial charge in [0.25, 0.3) is 0 Å². The second-order valence-electron chi connectivity index (χ2n) is 3.89. The van der Waals surface area contributed by atoms with E-state index in [2.05, 4.69) is 20.6 Å². The third kappa shape index (κ3) is 3.77. The molecule has 0 amide bonds. The number of imidazole rings is 1. The van der Waals surface area contributed by atoms with Crippen LogP contribution >= 0.6 is 11.3 Å². The molecule has 2 heterocycles. The van der Waals surface area contributed by atoms with E-state index in [9.17, 15) is 8.78 Å². The van der Waals surface area contributed by atoms with Crippen molar-refractivity contribution in [2.45, 2.75) is 19.6 Å². The van der Waals surface area contributed by atoms with Crippen LogP contribution in [0, 0.1) is 0 Å². The van der Waals surface area contributed by atoms with Crippen molar-refractivity contribution in [2.24, 2.45) is 4.99 Å². The lowest BCUT2D eigenvalue weighted by Gasteiger charge is -2.12. The lowest BCUT2D eigenvalue weighted by atomic mass is 10.4. The highest BCUT2D eigenvalue weighted by molar-refractivity contribution is 7.09. The molecule has 2 N–H and O–H groups in total. The summed E-state index contributed by atoms with van der Waals surface area (Å²) in [6.07, 6.45) is 2.61. The monoisotopic (exact) mass is 299 g/mol. The van der Waals surface area contributed by atoms with Crippen molar-refractivity contribution in [1.82, 2.24) is 20.2 Å². The van der Waals surface area contributed by atoms with E-state index in [1.165, 1.54) is 17.3 Å². The first kappa shape index (κ1) is 14.4. The first-order valence-corrected chi connectivity index (χ1v) is 6.85. The van der Waals surface area contributed by atoms with Crippen molar-refractivity contribution >= 4 is 17.3 Å². The predicted molar refractivity (Wildman–Crippen MR) is 74.8 cm³/mol. The number of alkyl halides is 2. The Morgan fingerprint density at radius 2 is 2.25 bits per heavy atom. The lowest BCUT2D eigenvalue weighted by Crippen LogP contribution is -2.36. The lowest BCUT2D eigenvalue weighted by molar-refractivity contribution is 0.0668. The summed E-state index contributed by atoms with van der Waals surface area (Å²) in [7, 11) is 1.63. The van der Waals surface area contributed by atoms with Crippen LogP contribution in [0.3, 0.4) is 0 Å². The zero-order valence-electron chi connectivity index (χ0n) is 10.9. The Labute approximate surface area is 119 Å². The smallest absolute Gasteiger partial charge is 0.319 e. The van der Waals surface area contributed by atoms with Crippen molar-refractivity contribution in [3.05, 3.63) is 40.6 Å². The molecule has 0 radical (unpaired) electrons. The van der Waals surface area contributed by atoms with Gasteiger partial charge >= 0.3 is 6.55 Å². The van der Waals surface area contributed by atoms with E-state index in [1.54, 1.807) is 18.4 Å². The van der Waals surface area contributed by atoms with Gasteiger partial charge in [0.15, 0.2) is 5.96 Å². The molecular weight excluding hydrogens is 284 g/mol. The second-order valence-corrected chi connectivity index (χ2v) is 4.92. The summed E-state index contributed by atoms with van der Waals surface area (Å²) in [5, 5.41) is 8.06. The Balaban J connectivity index is 1.86. The van der Waals surface area contributed by atoms with Crippen LogP contribution in [0.15, 0.2) is 34.9 Å². The number of nitrogens with zero attached hydrogens (tertiary/aromatic N) is 3. The molecule has 0 aliphatic rings. The van der Waals surface area contributed by atoms with Gasteiger partial charge in [-0.15, -0.1) is 11.3 Å². The first-order chi connectivity index (χ1) is 9.70. The standard InChI is InChI=1S/C12H15F2N5S/c1-15-12(17-7-9-3-2-6-20-9)18-8-10-16-4-5-19(10)11(13)14/h2-6,11H,7-8H2,1H3,(H2,15,17,18). The summed E-state index contributed by atoms with van der Waals surface area (Å²) < 4.78 is 26.1. The summed E-state index contributed by atoms with van der Waals surface area (Å²) >= 11 is 1.64. The Morgan fingerprint density at radius 1 is 1.45 bits per heavy atom. The molecule has 2 rings (SSSR count). The molecule has 5 nitrogen and oxygen atoms in total. The van der Waals surface area contributed by atoms with Gasteiger partial charge in [0, 0.05) is 24.3 Å². The van der Waals surface area contributed by atoms with Gasteiger partial charge in [-0.1, -0.05) is 6.07 Å². The number of guanidine groups is 1. The third-order valence-electron chi connectivity index (χ3n) is 2.61. The Kier molecular flexibility index (Phi) is 5.05.